The van der Waals surface area contributed by atoms with Gasteiger partial charge in [0, 0.05) is 11.0 Å². The van der Waals surface area contributed by atoms with Crippen molar-refractivity contribution in [3.05, 3.63) is 46.7 Å². The normalized spacial score (nSPS) is 10.0. The maximum atomic E-state index is 12.1. The van der Waals surface area contributed by atoms with Crippen molar-refractivity contribution in [1.29, 1.82) is 0 Å². The van der Waals surface area contributed by atoms with Crippen molar-refractivity contribution < 1.29 is 4.79 Å². The third-order valence-electron chi connectivity index (χ3n) is 2.44. The highest BCUT2D eigenvalue weighted by molar-refractivity contribution is 9.10. The molecule has 2 aromatic rings. The summed E-state index contributed by atoms with van der Waals surface area (Å²) >= 11 is 3.39. The average Bonchev–Trinajstić information content (AvgIpc) is 2.43. The lowest BCUT2D eigenvalue weighted by Gasteiger charge is -2.12. The van der Waals surface area contributed by atoms with E-state index in [9.17, 15) is 4.79 Å². The van der Waals surface area contributed by atoms with E-state index in [1.54, 1.807) is 6.07 Å². The number of rotatable bonds is 4. The van der Waals surface area contributed by atoms with Crippen molar-refractivity contribution in [3.63, 3.8) is 0 Å². The summed E-state index contributed by atoms with van der Waals surface area (Å²) in [4.78, 5) is 12.1. The SMILES string of the molecule is CCNc1ccc(Br)cc1NC(=O)c1ccnnc1. The Balaban J connectivity index is 2.23. The van der Waals surface area contributed by atoms with Crippen LogP contribution in [0, 0.1) is 0 Å². The van der Waals surface area contributed by atoms with E-state index in [2.05, 4.69) is 36.8 Å². The lowest BCUT2D eigenvalue weighted by Crippen LogP contribution is -2.14. The molecule has 1 amide bonds. The first-order valence-corrected chi connectivity index (χ1v) is 6.61. The number of aromatic nitrogens is 2. The fraction of sp³-hybridized carbons (Fsp3) is 0.154. The molecule has 0 unspecified atom stereocenters. The van der Waals surface area contributed by atoms with Crippen LogP contribution >= 0.6 is 15.9 Å². The second-order valence-corrected chi connectivity index (χ2v) is 4.72. The summed E-state index contributed by atoms with van der Waals surface area (Å²) in [6.07, 6.45) is 2.92. The number of hydrogen-bond acceptors (Lipinski definition) is 4. The van der Waals surface area contributed by atoms with E-state index in [0.29, 0.717) is 5.56 Å². The molecular formula is C13H13BrN4O. The minimum absolute atomic E-state index is 0.216. The zero-order valence-corrected chi connectivity index (χ0v) is 11.9. The Hall–Kier alpha value is -1.95. The number of benzene rings is 1. The summed E-state index contributed by atoms with van der Waals surface area (Å²) in [6, 6.07) is 7.30. The van der Waals surface area contributed by atoms with E-state index in [4.69, 9.17) is 0 Å². The number of amides is 1. The van der Waals surface area contributed by atoms with Crippen molar-refractivity contribution in [3.8, 4) is 0 Å². The summed E-state index contributed by atoms with van der Waals surface area (Å²) in [5, 5.41) is 13.4. The van der Waals surface area contributed by atoms with Gasteiger partial charge in [0.05, 0.1) is 29.3 Å². The van der Waals surface area contributed by atoms with E-state index in [-0.39, 0.29) is 5.91 Å². The predicted octanol–water partition coefficient (Wildman–Crippen LogP) is 2.92. The Labute approximate surface area is 119 Å². The predicted molar refractivity (Wildman–Crippen MR) is 78.3 cm³/mol. The number of hydrogen-bond donors (Lipinski definition) is 2. The molecule has 1 aromatic heterocycles. The second-order valence-electron chi connectivity index (χ2n) is 3.81. The highest BCUT2D eigenvalue weighted by Crippen LogP contribution is 2.26. The Bertz CT molecular complexity index is 574. The van der Waals surface area contributed by atoms with Crippen LogP contribution in [0.1, 0.15) is 17.3 Å². The molecule has 0 aliphatic heterocycles. The monoisotopic (exact) mass is 320 g/mol. The zero-order valence-electron chi connectivity index (χ0n) is 10.4. The fourth-order valence-electron chi connectivity index (χ4n) is 1.58. The van der Waals surface area contributed by atoms with Gasteiger partial charge in [-0.15, -0.1) is 0 Å². The molecule has 0 radical (unpaired) electrons. The van der Waals surface area contributed by atoms with Crippen LogP contribution in [-0.4, -0.2) is 22.6 Å². The van der Waals surface area contributed by atoms with Gasteiger partial charge in [-0.05, 0) is 31.2 Å². The number of nitrogens with one attached hydrogen (secondary N) is 2. The lowest BCUT2D eigenvalue weighted by molar-refractivity contribution is 0.102. The summed E-state index contributed by atoms with van der Waals surface area (Å²) in [7, 11) is 0. The smallest absolute Gasteiger partial charge is 0.257 e. The van der Waals surface area contributed by atoms with E-state index < -0.39 is 0 Å². The molecule has 98 valence electrons. The molecule has 1 aromatic carbocycles. The molecule has 5 nitrogen and oxygen atoms in total. The van der Waals surface area contributed by atoms with Crippen molar-refractivity contribution in [2.24, 2.45) is 0 Å². The Morgan fingerprint density at radius 3 is 2.79 bits per heavy atom. The molecule has 0 aliphatic rings. The second kappa shape index (κ2) is 6.29. The van der Waals surface area contributed by atoms with Crippen molar-refractivity contribution in [2.45, 2.75) is 6.92 Å². The molecule has 0 saturated heterocycles. The van der Waals surface area contributed by atoms with E-state index in [0.717, 1.165) is 22.4 Å². The molecule has 0 aliphatic carbocycles. The number of nitrogens with zero attached hydrogens (tertiary/aromatic N) is 2. The molecule has 19 heavy (non-hydrogen) atoms. The van der Waals surface area contributed by atoms with E-state index in [1.165, 1.54) is 12.4 Å². The van der Waals surface area contributed by atoms with Crippen LogP contribution in [0.15, 0.2) is 41.1 Å². The lowest BCUT2D eigenvalue weighted by atomic mass is 10.2. The van der Waals surface area contributed by atoms with Crippen molar-refractivity contribution in [1.82, 2.24) is 10.2 Å². The number of carbonyl (C=O) groups is 1. The Morgan fingerprint density at radius 1 is 1.26 bits per heavy atom. The highest BCUT2D eigenvalue weighted by Gasteiger charge is 2.09. The standard InChI is InChI=1S/C13H13BrN4O/c1-2-15-11-4-3-10(14)7-12(11)18-13(19)9-5-6-16-17-8-9/h3-8,15H,2H2,1H3,(H,18,19). The van der Waals surface area contributed by atoms with Crippen LogP contribution in [0.5, 0.6) is 0 Å². The Kier molecular flexibility index (Phi) is 4.46. The molecular weight excluding hydrogens is 308 g/mol. The Morgan fingerprint density at radius 2 is 2.11 bits per heavy atom. The number of carbonyl (C=O) groups excluding carboxylic acids is 1. The largest absolute Gasteiger partial charge is 0.384 e. The molecule has 0 spiro atoms. The van der Waals surface area contributed by atoms with Crippen molar-refractivity contribution >= 4 is 33.2 Å². The van der Waals surface area contributed by atoms with Gasteiger partial charge in [-0.1, -0.05) is 15.9 Å². The molecule has 2 rings (SSSR count). The summed E-state index contributed by atoms with van der Waals surface area (Å²) in [5.74, 6) is -0.216. The van der Waals surface area contributed by atoms with Crippen LogP contribution in [0.3, 0.4) is 0 Å². The van der Waals surface area contributed by atoms with Crippen LogP contribution in [0.25, 0.3) is 0 Å². The molecule has 0 bridgehead atoms. The van der Waals surface area contributed by atoms with Crippen molar-refractivity contribution in [2.75, 3.05) is 17.2 Å². The van der Waals surface area contributed by atoms with Crippen LogP contribution in [0.2, 0.25) is 0 Å². The minimum atomic E-state index is -0.216. The number of anilines is 2. The third kappa shape index (κ3) is 3.51. The van der Waals surface area contributed by atoms with Gasteiger partial charge in [0.1, 0.15) is 0 Å². The molecule has 0 saturated carbocycles. The molecule has 0 fully saturated rings. The highest BCUT2D eigenvalue weighted by atomic mass is 79.9. The average molecular weight is 321 g/mol. The zero-order chi connectivity index (χ0) is 13.7. The summed E-state index contributed by atoms with van der Waals surface area (Å²) in [5.41, 5.74) is 2.07. The van der Waals surface area contributed by atoms with Gasteiger partial charge in [0.2, 0.25) is 0 Å². The maximum Gasteiger partial charge on any atom is 0.257 e. The first kappa shape index (κ1) is 13.5. The van der Waals surface area contributed by atoms with Gasteiger partial charge in [0.15, 0.2) is 0 Å². The summed E-state index contributed by atoms with van der Waals surface area (Å²) in [6.45, 7) is 2.78. The summed E-state index contributed by atoms with van der Waals surface area (Å²) < 4.78 is 0.900. The van der Waals surface area contributed by atoms with Gasteiger partial charge in [-0.3, -0.25) is 4.79 Å². The molecule has 2 N–H and O–H groups in total. The van der Waals surface area contributed by atoms with Crippen LogP contribution in [0.4, 0.5) is 11.4 Å². The van der Waals surface area contributed by atoms with E-state index >= 15 is 0 Å². The quantitative estimate of drug-likeness (QED) is 0.909. The molecule has 0 atom stereocenters. The minimum Gasteiger partial charge on any atom is -0.384 e. The van der Waals surface area contributed by atoms with Crippen LogP contribution < -0.4 is 10.6 Å². The van der Waals surface area contributed by atoms with E-state index in [1.807, 2.05) is 25.1 Å². The maximum absolute atomic E-state index is 12.1. The van der Waals surface area contributed by atoms with Gasteiger partial charge < -0.3 is 10.6 Å². The number of halogens is 1. The fourth-order valence-corrected chi connectivity index (χ4v) is 1.95. The topological polar surface area (TPSA) is 66.9 Å². The van der Waals surface area contributed by atoms with Crippen LogP contribution in [-0.2, 0) is 0 Å². The first-order valence-electron chi connectivity index (χ1n) is 5.82. The molecule has 1 heterocycles. The molecule has 6 heteroatoms. The van der Waals surface area contributed by atoms with Gasteiger partial charge >= 0.3 is 0 Å². The first-order chi connectivity index (χ1) is 9.20. The van der Waals surface area contributed by atoms with Gasteiger partial charge in [-0.2, -0.15) is 10.2 Å². The van der Waals surface area contributed by atoms with Gasteiger partial charge in [0.25, 0.3) is 5.91 Å². The third-order valence-corrected chi connectivity index (χ3v) is 2.94. The van der Waals surface area contributed by atoms with Gasteiger partial charge in [-0.25, -0.2) is 0 Å².